The van der Waals surface area contributed by atoms with Gasteiger partial charge in [0.2, 0.25) is 0 Å². The number of hydrogen-bond acceptors (Lipinski definition) is 4. The van der Waals surface area contributed by atoms with Crippen LogP contribution in [-0.4, -0.2) is 10.8 Å². The largest absolute Gasteiger partial charge is 0.355 e. The number of benzene rings is 3. The number of nitrogens with one attached hydrogen (secondary N) is 1. The quantitative estimate of drug-likeness (QED) is 0.541. The number of anilines is 3. The first-order chi connectivity index (χ1) is 13.0. The third-order valence-electron chi connectivity index (χ3n) is 4.37. The summed E-state index contributed by atoms with van der Waals surface area (Å²) in [6.07, 6.45) is 0. The molecule has 0 atom stereocenters. The van der Waals surface area contributed by atoms with Crippen molar-refractivity contribution in [3.05, 3.63) is 93.8 Å². The van der Waals surface area contributed by atoms with Crippen molar-refractivity contribution in [2.24, 2.45) is 0 Å². The predicted molar refractivity (Wildman–Crippen MR) is 99.7 cm³/mol. The van der Waals surface area contributed by atoms with E-state index >= 15 is 0 Å². The number of fused-ring (bicyclic) bond motifs is 1. The van der Waals surface area contributed by atoms with E-state index in [4.69, 9.17) is 0 Å². The number of nitro benzene ring substituents is 1. The van der Waals surface area contributed by atoms with Crippen LogP contribution in [0.2, 0.25) is 0 Å². The van der Waals surface area contributed by atoms with Gasteiger partial charge in [-0.15, -0.1) is 0 Å². The fourth-order valence-electron chi connectivity index (χ4n) is 3.11. The first kappa shape index (κ1) is 16.7. The van der Waals surface area contributed by atoms with Crippen molar-refractivity contribution < 1.29 is 14.1 Å². The van der Waals surface area contributed by atoms with E-state index in [-0.39, 0.29) is 24.0 Å². The van der Waals surface area contributed by atoms with Gasteiger partial charge in [-0.05, 0) is 48.0 Å². The number of amides is 1. The molecular formula is C20H14FN3O3. The number of nitrogens with zero attached hydrogens (tertiary/aromatic N) is 2. The fraction of sp³-hybridized carbons (Fsp3) is 0.0500. The second kappa shape index (κ2) is 6.53. The number of carbonyl (C=O) groups is 1. The van der Waals surface area contributed by atoms with Crippen molar-refractivity contribution in [1.82, 2.24) is 0 Å². The molecule has 0 radical (unpaired) electrons. The van der Waals surface area contributed by atoms with Crippen LogP contribution in [-0.2, 0) is 6.54 Å². The molecule has 6 nitrogen and oxygen atoms in total. The Hall–Kier alpha value is -3.74. The molecule has 0 bridgehead atoms. The van der Waals surface area contributed by atoms with Crippen LogP contribution in [0.5, 0.6) is 0 Å². The minimum absolute atomic E-state index is 0.0371. The van der Waals surface area contributed by atoms with Crippen molar-refractivity contribution in [3.63, 3.8) is 0 Å². The molecule has 1 N–H and O–H groups in total. The number of nitro groups is 1. The Morgan fingerprint density at radius 1 is 1.00 bits per heavy atom. The van der Waals surface area contributed by atoms with Crippen molar-refractivity contribution >= 4 is 28.7 Å². The van der Waals surface area contributed by atoms with Crippen LogP contribution < -0.4 is 10.2 Å². The van der Waals surface area contributed by atoms with Gasteiger partial charge < -0.3 is 10.2 Å². The molecule has 1 aliphatic rings. The lowest BCUT2D eigenvalue weighted by Gasteiger charge is -2.17. The van der Waals surface area contributed by atoms with Gasteiger partial charge >= 0.3 is 0 Å². The van der Waals surface area contributed by atoms with Crippen molar-refractivity contribution in [3.8, 4) is 0 Å². The Labute approximate surface area is 154 Å². The van der Waals surface area contributed by atoms with Gasteiger partial charge in [-0.2, -0.15) is 0 Å². The van der Waals surface area contributed by atoms with Gasteiger partial charge in [0.25, 0.3) is 11.6 Å². The maximum absolute atomic E-state index is 13.3. The molecule has 0 aliphatic carbocycles. The highest BCUT2D eigenvalue weighted by Crippen LogP contribution is 2.32. The average molecular weight is 363 g/mol. The first-order valence-electron chi connectivity index (χ1n) is 8.23. The van der Waals surface area contributed by atoms with Gasteiger partial charge in [0, 0.05) is 34.8 Å². The topological polar surface area (TPSA) is 75.5 Å². The van der Waals surface area contributed by atoms with E-state index in [0.29, 0.717) is 28.2 Å². The molecule has 3 aromatic rings. The number of halogens is 1. The first-order valence-corrected chi connectivity index (χ1v) is 8.23. The molecule has 3 aromatic carbocycles. The summed E-state index contributed by atoms with van der Waals surface area (Å²) in [4.78, 5) is 24.7. The van der Waals surface area contributed by atoms with E-state index in [1.165, 1.54) is 30.3 Å². The van der Waals surface area contributed by atoms with Gasteiger partial charge in [0.1, 0.15) is 5.82 Å². The van der Waals surface area contributed by atoms with Gasteiger partial charge in [0.15, 0.2) is 0 Å². The lowest BCUT2D eigenvalue weighted by atomic mass is 10.1. The van der Waals surface area contributed by atoms with Crippen LogP contribution in [0, 0.1) is 15.9 Å². The third-order valence-corrected chi connectivity index (χ3v) is 4.37. The molecule has 0 spiro atoms. The highest BCUT2D eigenvalue weighted by molar-refractivity contribution is 6.10. The summed E-state index contributed by atoms with van der Waals surface area (Å²) >= 11 is 0. The summed E-state index contributed by atoms with van der Waals surface area (Å²) < 4.78 is 13.3. The maximum Gasteiger partial charge on any atom is 0.269 e. The Bertz CT molecular complexity index is 1070. The highest BCUT2D eigenvalue weighted by Gasteiger charge is 2.30. The maximum atomic E-state index is 13.3. The van der Waals surface area contributed by atoms with Gasteiger partial charge in [-0.1, -0.05) is 12.1 Å². The number of carbonyl (C=O) groups excluding carboxylic acids is 1. The predicted octanol–water partition coefficient (Wildman–Crippen LogP) is 4.64. The second-order valence-electron chi connectivity index (χ2n) is 6.18. The number of hydrogen-bond donors (Lipinski definition) is 1. The lowest BCUT2D eigenvalue weighted by molar-refractivity contribution is -0.384. The summed E-state index contributed by atoms with van der Waals surface area (Å²) in [6, 6.07) is 17.5. The van der Waals surface area contributed by atoms with E-state index in [0.717, 1.165) is 0 Å². The van der Waals surface area contributed by atoms with E-state index in [1.807, 2.05) is 6.07 Å². The molecule has 0 saturated heterocycles. The summed E-state index contributed by atoms with van der Waals surface area (Å²) in [7, 11) is 0. The van der Waals surface area contributed by atoms with Crippen LogP contribution in [0.15, 0.2) is 66.7 Å². The van der Waals surface area contributed by atoms with Crippen molar-refractivity contribution in [1.29, 1.82) is 0 Å². The monoisotopic (exact) mass is 363 g/mol. The Morgan fingerprint density at radius 3 is 2.48 bits per heavy atom. The zero-order chi connectivity index (χ0) is 19.0. The molecule has 0 saturated carbocycles. The van der Waals surface area contributed by atoms with Gasteiger partial charge in [-0.25, -0.2) is 4.39 Å². The molecular weight excluding hydrogens is 349 g/mol. The summed E-state index contributed by atoms with van der Waals surface area (Å²) in [6.45, 7) is 0.263. The Kier molecular flexibility index (Phi) is 4.04. The minimum atomic E-state index is -0.475. The van der Waals surface area contributed by atoms with Crippen LogP contribution in [0.4, 0.5) is 27.1 Å². The second-order valence-corrected chi connectivity index (χ2v) is 6.18. The molecule has 27 heavy (non-hydrogen) atoms. The van der Waals surface area contributed by atoms with Crippen LogP contribution in [0.1, 0.15) is 15.9 Å². The molecule has 1 heterocycles. The summed E-state index contributed by atoms with van der Waals surface area (Å²) in [5, 5.41) is 14.0. The molecule has 0 fully saturated rings. The fourth-order valence-corrected chi connectivity index (χ4v) is 3.11. The molecule has 134 valence electrons. The third kappa shape index (κ3) is 3.22. The molecule has 4 rings (SSSR count). The van der Waals surface area contributed by atoms with E-state index in [2.05, 4.69) is 5.32 Å². The van der Waals surface area contributed by atoms with E-state index in [1.54, 1.807) is 35.2 Å². The van der Waals surface area contributed by atoms with E-state index in [9.17, 15) is 19.3 Å². The molecule has 1 amide bonds. The lowest BCUT2D eigenvalue weighted by Crippen LogP contribution is -2.22. The Balaban J connectivity index is 1.61. The van der Waals surface area contributed by atoms with Gasteiger partial charge in [-0.3, -0.25) is 14.9 Å². The molecule has 7 heteroatoms. The van der Waals surface area contributed by atoms with Crippen LogP contribution >= 0.6 is 0 Å². The standard InChI is InChI=1S/C20H14FN3O3/c21-14-3-1-4-15(10-14)22-16-5-2-6-17(11-16)23-12-13-9-18(24(26)27)7-8-19(13)20(23)25/h1-11,22H,12H2. The molecule has 0 aromatic heterocycles. The summed E-state index contributed by atoms with van der Waals surface area (Å²) in [5.74, 6) is -0.550. The average Bonchev–Trinajstić information content (AvgIpc) is 2.98. The molecule has 1 aliphatic heterocycles. The zero-order valence-corrected chi connectivity index (χ0v) is 14.1. The zero-order valence-electron chi connectivity index (χ0n) is 14.1. The number of non-ortho nitro benzene ring substituents is 1. The molecule has 0 unspecified atom stereocenters. The minimum Gasteiger partial charge on any atom is -0.355 e. The van der Waals surface area contributed by atoms with Crippen LogP contribution in [0.25, 0.3) is 0 Å². The SMILES string of the molecule is O=C1c2ccc([N+](=O)[O-])cc2CN1c1cccc(Nc2cccc(F)c2)c1. The van der Waals surface area contributed by atoms with Crippen molar-refractivity contribution in [2.75, 3.05) is 10.2 Å². The normalized spacial score (nSPS) is 12.8. The van der Waals surface area contributed by atoms with Crippen molar-refractivity contribution in [2.45, 2.75) is 6.54 Å². The van der Waals surface area contributed by atoms with Crippen LogP contribution in [0.3, 0.4) is 0 Å². The highest BCUT2D eigenvalue weighted by atomic mass is 19.1. The van der Waals surface area contributed by atoms with Gasteiger partial charge in [0.05, 0.1) is 11.5 Å². The smallest absolute Gasteiger partial charge is 0.269 e. The Morgan fingerprint density at radius 2 is 1.74 bits per heavy atom. The van der Waals surface area contributed by atoms with E-state index < -0.39 is 4.92 Å². The summed E-state index contributed by atoms with van der Waals surface area (Å²) in [5.41, 5.74) is 3.00. The number of rotatable bonds is 4.